The average Bonchev–Trinajstić information content (AvgIpc) is 3.63. The first-order valence-electron chi connectivity index (χ1n) is 11.0. The highest BCUT2D eigenvalue weighted by Crippen LogP contribution is 2.41. The topological polar surface area (TPSA) is 102 Å². The number of carbonyl (C=O) groups is 1. The largest absolute Gasteiger partial charge is 0.352 e. The van der Waals surface area contributed by atoms with E-state index >= 15 is 0 Å². The summed E-state index contributed by atoms with van der Waals surface area (Å²) in [7, 11) is 0. The zero-order chi connectivity index (χ0) is 21.8. The third-order valence-electron chi connectivity index (χ3n) is 5.80. The van der Waals surface area contributed by atoms with Crippen molar-refractivity contribution in [3.63, 3.8) is 0 Å². The van der Waals surface area contributed by atoms with Gasteiger partial charge in [0.25, 0.3) is 11.6 Å². The Morgan fingerprint density at radius 2 is 2.10 bits per heavy atom. The zero-order valence-electron chi connectivity index (χ0n) is 18.2. The van der Waals surface area contributed by atoms with E-state index in [4.69, 9.17) is 16.7 Å². The van der Waals surface area contributed by atoms with Crippen LogP contribution in [-0.2, 0) is 12.8 Å². The van der Waals surface area contributed by atoms with Gasteiger partial charge in [-0.25, -0.2) is 4.98 Å². The highest BCUT2D eigenvalue weighted by Gasteiger charge is 2.30. The number of nitrogens with one attached hydrogen (secondary N) is 2. The minimum Gasteiger partial charge on any atom is -0.352 e. The number of carbonyl (C=O) groups excluding carboxylic acids is 1. The Morgan fingerprint density at radius 3 is 2.77 bits per heavy atom. The first-order chi connectivity index (χ1) is 14.8. The Hall–Kier alpha value is -2.55. The molecule has 164 valence electrons. The second kappa shape index (κ2) is 7.55. The lowest BCUT2D eigenvalue weighted by molar-refractivity contribution is 0.0955. The van der Waals surface area contributed by atoms with Gasteiger partial charge in [-0.2, -0.15) is 5.10 Å². The molecule has 0 atom stereocenters. The average molecular weight is 441 g/mol. The highest BCUT2D eigenvalue weighted by molar-refractivity contribution is 7.71. The van der Waals surface area contributed by atoms with Gasteiger partial charge < -0.3 is 14.4 Å². The van der Waals surface area contributed by atoms with Gasteiger partial charge in [-0.1, -0.05) is 25.9 Å². The molecule has 2 saturated carbocycles. The summed E-state index contributed by atoms with van der Waals surface area (Å²) in [5.41, 5.74) is 2.80. The van der Waals surface area contributed by atoms with Crippen molar-refractivity contribution in [1.29, 1.82) is 0 Å². The van der Waals surface area contributed by atoms with Gasteiger partial charge in [-0.15, -0.1) is 0 Å². The molecule has 3 aromatic heterocycles. The Balaban J connectivity index is 1.39. The fourth-order valence-electron chi connectivity index (χ4n) is 4.03. The van der Waals surface area contributed by atoms with Crippen molar-refractivity contribution in [2.45, 2.75) is 71.3 Å². The Bertz CT molecular complexity index is 1190. The first-order valence-corrected chi connectivity index (χ1v) is 11.4. The van der Waals surface area contributed by atoms with Crippen molar-refractivity contribution in [3.8, 4) is 0 Å². The predicted octanol–water partition coefficient (Wildman–Crippen LogP) is 4.25. The van der Waals surface area contributed by atoms with E-state index in [9.17, 15) is 4.79 Å². The lowest BCUT2D eigenvalue weighted by Crippen LogP contribution is -2.27. The molecule has 0 bridgehead atoms. The molecule has 3 heterocycles. The van der Waals surface area contributed by atoms with Crippen molar-refractivity contribution in [1.82, 2.24) is 30.2 Å². The Kier molecular flexibility index (Phi) is 4.96. The molecule has 31 heavy (non-hydrogen) atoms. The van der Waals surface area contributed by atoms with E-state index in [2.05, 4.69) is 51.0 Å². The molecule has 2 aliphatic carbocycles. The molecule has 0 radical (unpaired) electrons. The summed E-state index contributed by atoms with van der Waals surface area (Å²) in [5.74, 6) is 1.18. The number of rotatable bonds is 7. The van der Waals surface area contributed by atoms with Crippen molar-refractivity contribution in [2.24, 2.45) is 5.41 Å². The fourth-order valence-corrected chi connectivity index (χ4v) is 4.33. The Labute approximate surface area is 185 Å². The van der Waals surface area contributed by atoms with E-state index in [1.807, 2.05) is 6.07 Å². The molecule has 2 N–H and O–H groups in total. The van der Waals surface area contributed by atoms with Crippen LogP contribution in [0.3, 0.4) is 0 Å². The third-order valence-corrected chi connectivity index (χ3v) is 6.09. The summed E-state index contributed by atoms with van der Waals surface area (Å²) < 4.78 is 8.30. The van der Waals surface area contributed by atoms with E-state index in [0.717, 1.165) is 48.3 Å². The first kappa shape index (κ1) is 20.4. The quantitative estimate of drug-likeness (QED) is 0.533. The van der Waals surface area contributed by atoms with Gasteiger partial charge in [0.1, 0.15) is 5.82 Å². The van der Waals surface area contributed by atoms with E-state index in [-0.39, 0.29) is 11.3 Å². The standard InChI is InChI=1S/C22H28N6O2S/c1-22(2,3)11-16-18-14(10-15(12-4-5-12)24-20(18)30-27-16)19(29)23-9-8-17-25-26-21(31)28(17)13-6-7-13/h10,12-13H,4-9,11H2,1-3H3,(H,23,29)(H,26,31). The number of pyridine rings is 1. The van der Waals surface area contributed by atoms with Crippen LogP contribution in [0.5, 0.6) is 0 Å². The molecule has 2 fully saturated rings. The van der Waals surface area contributed by atoms with E-state index in [1.165, 1.54) is 0 Å². The van der Waals surface area contributed by atoms with Crippen LogP contribution in [0.1, 0.15) is 86.0 Å². The van der Waals surface area contributed by atoms with Crippen LogP contribution >= 0.6 is 12.2 Å². The van der Waals surface area contributed by atoms with E-state index < -0.39 is 0 Å². The van der Waals surface area contributed by atoms with E-state index in [1.54, 1.807) is 0 Å². The minimum absolute atomic E-state index is 0.0189. The van der Waals surface area contributed by atoms with Crippen LogP contribution in [0.25, 0.3) is 11.1 Å². The molecule has 3 aromatic rings. The van der Waals surface area contributed by atoms with Crippen LogP contribution in [-0.4, -0.2) is 37.4 Å². The lowest BCUT2D eigenvalue weighted by atomic mass is 9.89. The predicted molar refractivity (Wildman–Crippen MR) is 119 cm³/mol. The molecular weight excluding hydrogens is 412 g/mol. The molecule has 0 aliphatic heterocycles. The Morgan fingerprint density at radius 1 is 1.32 bits per heavy atom. The fraction of sp³-hybridized carbons (Fsp3) is 0.591. The van der Waals surface area contributed by atoms with Gasteiger partial charge in [0.05, 0.1) is 16.6 Å². The molecule has 1 amide bonds. The number of hydrogen-bond acceptors (Lipinski definition) is 6. The maximum atomic E-state index is 13.2. The number of fused-ring (bicyclic) bond motifs is 1. The van der Waals surface area contributed by atoms with E-state index in [0.29, 0.717) is 47.4 Å². The summed E-state index contributed by atoms with van der Waals surface area (Å²) in [6, 6.07) is 2.38. The third kappa shape index (κ3) is 4.28. The molecule has 8 nitrogen and oxygen atoms in total. The van der Waals surface area contributed by atoms with Crippen molar-refractivity contribution >= 4 is 29.2 Å². The monoisotopic (exact) mass is 440 g/mol. The number of aromatic amines is 1. The van der Waals surface area contributed by atoms with Crippen LogP contribution in [0.4, 0.5) is 0 Å². The number of amides is 1. The number of hydrogen-bond donors (Lipinski definition) is 2. The van der Waals surface area contributed by atoms with Gasteiger partial charge in [-0.05, 0) is 55.8 Å². The molecule has 2 aliphatic rings. The maximum absolute atomic E-state index is 13.2. The van der Waals surface area contributed by atoms with Crippen LogP contribution in [0.2, 0.25) is 0 Å². The summed E-state index contributed by atoms with van der Waals surface area (Å²) >= 11 is 5.35. The van der Waals surface area contributed by atoms with Gasteiger partial charge in [0.15, 0.2) is 4.77 Å². The number of aromatic nitrogens is 5. The summed E-state index contributed by atoms with van der Waals surface area (Å²) in [5, 5.41) is 15.3. The number of nitrogens with zero attached hydrogens (tertiary/aromatic N) is 4. The van der Waals surface area contributed by atoms with Crippen molar-refractivity contribution < 1.29 is 9.32 Å². The maximum Gasteiger partial charge on any atom is 0.259 e. The van der Waals surface area contributed by atoms with Crippen LogP contribution in [0.15, 0.2) is 10.6 Å². The van der Waals surface area contributed by atoms with Crippen molar-refractivity contribution in [3.05, 3.63) is 33.6 Å². The summed E-state index contributed by atoms with van der Waals surface area (Å²) in [6.45, 7) is 6.91. The van der Waals surface area contributed by atoms with Gasteiger partial charge in [0.2, 0.25) is 0 Å². The smallest absolute Gasteiger partial charge is 0.259 e. The van der Waals surface area contributed by atoms with Gasteiger partial charge >= 0.3 is 0 Å². The normalized spacial score (nSPS) is 16.7. The minimum atomic E-state index is -0.125. The second-order valence-electron chi connectivity index (χ2n) is 9.97. The van der Waals surface area contributed by atoms with Gasteiger partial charge in [-0.3, -0.25) is 9.89 Å². The molecule has 0 aromatic carbocycles. The molecular formula is C22H28N6O2S. The van der Waals surface area contributed by atoms with Crippen LogP contribution < -0.4 is 5.32 Å². The number of H-pyrrole nitrogens is 1. The summed E-state index contributed by atoms with van der Waals surface area (Å²) in [4.78, 5) is 17.9. The molecule has 0 saturated heterocycles. The molecule has 5 rings (SSSR count). The lowest BCUT2D eigenvalue weighted by Gasteiger charge is -2.16. The zero-order valence-corrected chi connectivity index (χ0v) is 19.0. The molecule has 9 heteroatoms. The van der Waals surface area contributed by atoms with Crippen LogP contribution in [0, 0.1) is 10.2 Å². The molecule has 0 spiro atoms. The summed E-state index contributed by atoms with van der Waals surface area (Å²) in [6.07, 6.45) is 5.81. The molecule has 0 unspecified atom stereocenters. The van der Waals surface area contributed by atoms with Crippen molar-refractivity contribution in [2.75, 3.05) is 6.54 Å². The SMILES string of the molecule is CC(C)(C)Cc1noc2nc(C3CC3)cc(C(=O)NCCc3n[nH]c(=S)n3C3CC3)c12. The second-order valence-corrected chi connectivity index (χ2v) is 10.4. The van der Waals surface area contributed by atoms with Gasteiger partial charge in [0, 0.05) is 30.6 Å². The highest BCUT2D eigenvalue weighted by atomic mass is 32.1.